The Hall–Kier alpha value is -0.820. The first kappa shape index (κ1) is 11.3. The topological polar surface area (TPSA) is 12.0 Å². The number of hydrogen-bond donors (Lipinski definition) is 1. The number of rotatable bonds is 2. The van der Waals surface area contributed by atoms with Crippen molar-refractivity contribution in [2.24, 2.45) is 0 Å². The lowest BCUT2D eigenvalue weighted by atomic mass is 9.76. The van der Waals surface area contributed by atoms with Gasteiger partial charge in [0.1, 0.15) is 0 Å². The summed E-state index contributed by atoms with van der Waals surface area (Å²) in [6, 6.07) is 10.4. The molecule has 1 saturated carbocycles. The molecule has 2 aliphatic rings. The Labute approximate surface area is 105 Å². The number of nitrogens with one attached hydrogen (secondary N) is 1. The van der Waals surface area contributed by atoms with E-state index in [1.54, 1.807) is 11.1 Å². The third-order valence-corrected chi connectivity index (χ3v) is 4.53. The number of piperidine rings is 1. The van der Waals surface area contributed by atoms with Crippen LogP contribution in [0.25, 0.3) is 0 Å². The van der Waals surface area contributed by atoms with Gasteiger partial charge in [0, 0.05) is 12.1 Å². The van der Waals surface area contributed by atoms with E-state index in [1.807, 2.05) is 0 Å². The van der Waals surface area contributed by atoms with Crippen LogP contribution in [0, 0.1) is 0 Å². The fraction of sp³-hybridized carbons (Fsp3) is 0.625. The minimum atomic E-state index is 0.607. The van der Waals surface area contributed by atoms with Gasteiger partial charge in [-0.3, -0.25) is 0 Å². The second-order valence-electron chi connectivity index (χ2n) is 5.81. The van der Waals surface area contributed by atoms with Gasteiger partial charge in [-0.15, -0.1) is 0 Å². The molecule has 1 aliphatic carbocycles. The zero-order valence-corrected chi connectivity index (χ0v) is 10.8. The molecule has 0 amide bonds. The van der Waals surface area contributed by atoms with E-state index < -0.39 is 0 Å². The molecule has 0 aromatic heterocycles. The molecule has 2 atom stereocenters. The van der Waals surface area contributed by atoms with E-state index in [-0.39, 0.29) is 0 Å². The summed E-state index contributed by atoms with van der Waals surface area (Å²) < 4.78 is 0. The lowest BCUT2D eigenvalue weighted by Gasteiger charge is -2.34. The van der Waals surface area contributed by atoms with E-state index in [4.69, 9.17) is 0 Å². The lowest BCUT2D eigenvalue weighted by molar-refractivity contribution is 0.334. The van der Waals surface area contributed by atoms with E-state index in [1.165, 1.54) is 38.5 Å². The summed E-state index contributed by atoms with van der Waals surface area (Å²) in [6.07, 6.45) is 8.25. The highest BCUT2D eigenvalue weighted by Gasteiger charge is 2.26. The van der Waals surface area contributed by atoms with Crippen molar-refractivity contribution in [1.29, 1.82) is 0 Å². The third-order valence-electron chi connectivity index (χ3n) is 4.53. The summed E-state index contributed by atoms with van der Waals surface area (Å²) in [4.78, 5) is 0. The molecule has 0 bridgehead atoms. The Morgan fingerprint density at radius 1 is 0.941 bits per heavy atom. The molecule has 1 aromatic rings. The van der Waals surface area contributed by atoms with Gasteiger partial charge in [0.25, 0.3) is 0 Å². The molecular formula is C16H23N. The van der Waals surface area contributed by atoms with Crippen LogP contribution < -0.4 is 5.32 Å². The van der Waals surface area contributed by atoms with Crippen LogP contribution in [0.5, 0.6) is 0 Å². The molecule has 1 aliphatic heterocycles. The SMILES string of the molecule is CC1CCCC(c2ccccc2C2CCC2)N1. The van der Waals surface area contributed by atoms with Gasteiger partial charge in [-0.1, -0.05) is 37.1 Å². The van der Waals surface area contributed by atoms with E-state index >= 15 is 0 Å². The molecular weight excluding hydrogens is 206 g/mol. The zero-order chi connectivity index (χ0) is 11.7. The number of benzene rings is 1. The first-order valence-corrected chi connectivity index (χ1v) is 7.19. The standard InChI is InChI=1S/C16H23N/c1-12-6-4-11-16(17-12)15-10-3-2-9-14(15)13-7-5-8-13/h2-3,9-10,12-13,16-17H,4-8,11H2,1H3. The predicted octanol–water partition coefficient (Wildman–Crippen LogP) is 4.16. The van der Waals surface area contributed by atoms with Crippen LogP contribution in [0.3, 0.4) is 0 Å². The molecule has 1 aromatic carbocycles. The monoisotopic (exact) mass is 229 g/mol. The molecule has 17 heavy (non-hydrogen) atoms. The van der Waals surface area contributed by atoms with Gasteiger partial charge in [-0.2, -0.15) is 0 Å². The van der Waals surface area contributed by atoms with Crippen molar-refractivity contribution in [1.82, 2.24) is 5.32 Å². The highest BCUT2D eigenvalue weighted by molar-refractivity contribution is 5.34. The summed E-state index contributed by atoms with van der Waals surface area (Å²) in [5, 5.41) is 3.78. The Balaban J connectivity index is 1.85. The van der Waals surface area contributed by atoms with E-state index in [2.05, 4.69) is 36.5 Å². The van der Waals surface area contributed by atoms with Crippen molar-refractivity contribution in [2.45, 2.75) is 63.5 Å². The van der Waals surface area contributed by atoms with Crippen molar-refractivity contribution in [2.75, 3.05) is 0 Å². The molecule has 2 unspecified atom stereocenters. The fourth-order valence-corrected chi connectivity index (χ4v) is 3.30. The highest BCUT2D eigenvalue weighted by Crippen LogP contribution is 2.40. The van der Waals surface area contributed by atoms with Crippen LogP contribution in [-0.2, 0) is 0 Å². The fourth-order valence-electron chi connectivity index (χ4n) is 3.30. The third kappa shape index (κ3) is 2.26. The molecule has 1 nitrogen and oxygen atoms in total. The quantitative estimate of drug-likeness (QED) is 0.803. The number of hydrogen-bond acceptors (Lipinski definition) is 1. The van der Waals surface area contributed by atoms with Crippen LogP contribution in [0.4, 0.5) is 0 Å². The minimum absolute atomic E-state index is 0.607. The second kappa shape index (κ2) is 4.81. The van der Waals surface area contributed by atoms with Gasteiger partial charge in [0.05, 0.1) is 0 Å². The summed E-state index contributed by atoms with van der Waals surface area (Å²) in [7, 11) is 0. The normalized spacial score (nSPS) is 29.9. The highest BCUT2D eigenvalue weighted by atomic mass is 15.0. The maximum Gasteiger partial charge on any atom is 0.0325 e. The maximum absolute atomic E-state index is 3.78. The first-order chi connectivity index (χ1) is 8.34. The van der Waals surface area contributed by atoms with Crippen LogP contribution in [-0.4, -0.2) is 6.04 Å². The Bertz CT molecular complexity index is 381. The molecule has 92 valence electrons. The van der Waals surface area contributed by atoms with E-state index in [0.717, 1.165) is 5.92 Å². The van der Waals surface area contributed by atoms with Gasteiger partial charge in [-0.05, 0) is 49.7 Å². The van der Waals surface area contributed by atoms with Gasteiger partial charge in [-0.25, -0.2) is 0 Å². The van der Waals surface area contributed by atoms with Crippen LogP contribution in [0.15, 0.2) is 24.3 Å². The molecule has 1 N–H and O–H groups in total. The molecule has 0 spiro atoms. The van der Waals surface area contributed by atoms with Gasteiger partial charge < -0.3 is 5.32 Å². The zero-order valence-electron chi connectivity index (χ0n) is 10.8. The predicted molar refractivity (Wildman–Crippen MR) is 72.2 cm³/mol. The van der Waals surface area contributed by atoms with Crippen molar-refractivity contribution < 1.29 is 0 Å². The van der Waals surface area contributed by atoms with Crippen molar-refractivity contribution in [3.8, 4) is 0 Å². The largest absolute Gasteiger partial charge is 0.307 e. The van der Waals surface area contributed by atoms with Crippen molar-refractivity contribution in [3.63, 3.8) is 0 Å². The average molecular weight is 229 g/mol. The molecule has 1 saturated heterocycles. The Kier molecular flexibility index (Phi) is 3.19. The summed E-state index contributed by atoms with van der Waals surface area (Å²) in [5.41, 5.74) is 3.22. The Morgan fingerprint density at radius 2 is 1.65 bits per heavy atom. The maximum atomic E-state index is 3.78. The second-order valence-corrected chi connectivity index (χ2v) is 5.81. The molecule has 3 rings (SSSR count). The van der Waals surface area contributed by atoms with Crippen molar-refractivity contribution in [3.05, 3.63) is 35.4 Å². The molecule has 1 heterocycles. The average Bonchev–Trinajstić information content (AvgIpc) is 2.27. The lowest BCUT2D eigenvalue weighted by Crippen LogP contribution is -2.35. The summed E-state index contributed by atoms with van der Waals surface area (Å²) in [5.74, 6) is 0.852. The first-order valence-electron chi connectivity index (χ1n) is 7.19. The van der Waals surface area contributed by atoms with E-state index in [0.29, 0.717) is 12.1 Å². The van der Waals surface area contributed by atoms with Gasteiger partial charge >= 0.3 is 0 Å². The van der Waals surface area contributed by atoms with Crippen LogP contribution in [0.1, 0.15) is 68.5 Å². The summed E-state index contributed by atoms with van der Waals surface area (Å²) >= 11 is 0. The summed E-state index contributed by atoms with van der Waals surface area (Å²) in [6.45, 7) is 2.32. The van der Waals surface area contributed by atoms with Crippen LogP contribution >= 0.6 is 0 Å². The van der Waals surface area contributed by atoms with Crippen LogP contribution in [0.2, 0.25) is 0 Å². The molecule has 1 heteroatoms. The smallest absolute Gasteiger partial charge is 0.0325 e. The molecule has 2 fully saturated rings. The van der Waals surface area contributed by atoms with E-state index in [9.17, 15) is 0 Å². The van der Waals surface area contributed by atoms with Crippen molar-refractivity contribution >= 4 is 0 Å². The minimum Gasteiger partial charge on any atom is -0.307 e. The van der Waals surface area contributed by atoms with Gasteiger partial charge in [0.2, 0.25) is 0 Å². The van der Waals surface area contributed by atoms with Gasteiger partial charge in [0.15, 0.2) is 0 Å². The Morgan fingerprint density at radius 3 is 2.29 bits per heavy atom. The molecule has 0 radical (unpaired) electrons.